The number of hydrogen-bond acceptors (Lipinski definition) is 4. The van der Waals surface area contributed by atoms with Crippen molar-refractivity contribution in [1.82, 2.24) is 9.13 Å². The Hall–Kier alpha value is -4.94. The molecule has 12 heteroatoms. The minimum absolute atomic E-state index is 0. The van der Waals surface area contributed by atoms with Crippen LogP contribution in [0.15, 0.2) is 135 Å². The van der Waals surface area contributed by atoms with E-state index >= 15 is 0 Å². The average Bonchev–Trinajstić information content (AvgIpc) is 3.68. The number of hydrogen-bond donors (Lipinski definition) is 0. The number of imidazole rings is 2. The van der Waals surface area contributed by atoms with Crippen molar-refractivity contribution in [2.75, 3.05) is 0 Å². The molecular weight excluding hydrogens is 692 g/mol. The Morgan fingerprint density at radius 2 is 0.864 bits per heavy atom. The minimum atomic E-state index is -0.393. The Labute approximate surface area is 273 Å². The highest BCUT2D eigenvalue weighted by atomic mass is 79.9. The Morgan fingerprint density at radius 3 is 1.18 bits per heavy atom. The number of halogens is 2. The van der Waals surface area contributed by atoms with Crippen LogP contribution in [0.2, 0.25) is 0 Å². The molecule has 0 saturated carbocycles. The van der Waals surface area contributed by atoms with Crippen LogP contribution < -0.4 is 43.1 Å². The number of rotatable bonds is 9. The lowest BCUT2D eigenvalue weighted by molar-refractivity contribution is -0.687. The van der Waals surface area contributed by atoms with Crippen LogP contribution in [0, 0.1) is 20.2 Å². The van der Waals surface area contributed by atoms with Gasteiger partial charge < -0.3 is 34.0 Å². The first-order valence-electron chi connectivity index (χ1n) is 13.2. The summed E-state index contributed by atoms with van der Waals surface area (Å²) < 4.78 is 8.14. The van der Waals surface area contributed by atoms with Crippen LogP contribution in [0.3, 0.4) is 0 Å². The summed E-state index contributed by atoms with van der Waals surface area (Å²) in [6, 6.07) is 29.9. The molecule has 0 saturated heterocycles. The lowest BCUT2D eigenvalue weighted by Gasteiger charge is -2.04. The van der Waals surface area contributed by atoms with Crippen molar-refractivity contribution in [3.8, 4) is 22.5 Å². The Morgan fingerprint density at radius 1 is 0.523 bits per heavy atom. The van der Waals surface area contributed by atoms with Gasteiger partial charge in [-0.2, -0.15) is 0 Å². The van der Waals surface area contributed by atoms with Gasteiger partial charge in [0.05, 0.1) is 9.85 Å². The molecule has 0 bridgehead atoms. The lowest BCUT2D eigenvalue weighted by atomic mass is 10.0. The Bertz CT molecular complexity index is 1730. The molecule has 6 aromatic rings. The molecule has 0 aliphatic rings. The van der Waals surface area contributed by atoms with E-state index in [2.05, 4.69) is 48.5 Å². The van der Waals surface area contributed by atoms with Gasteiger partial charge in [0.15, 0.2) is 0 Å². The van der Waals surface area contributed by atoms with Crippen LogP contribution in [0.4, 0.5) is 11.4 Å². The number of nitrogens with zero attached hydrogens (tertiary/aromatic N) is 6. The first kappa shape index (κ1) is 32.0. The first-order chi connectivity index (χ1) is 20.4. The fraction of sp³-hybridized carbons (Fsp3) is 0.0625. The van der Waals surface area contributed by atoms with Gasteiger partial charge in [-0.1, -0.05) is 24.3 Å². The molecule has 222 valence electrons. The average molecular weight is 718 g/mol. The smallest absolute Gasteiger partial charge is 0.269 e. The molecule has 44 heavy (non-hydrogen) atoms. The van der Waals surface area contributed by atoms with Crippen LogP contribution in [-0.4, -0.2) is 19.0 Å². The summed E-state index contributed by atoms with van der Waals surface area (Å²) in [6.45, 7) is 1.24. The van der Waals surface area contributed by atoms with Crippen molar-refractivity contribution in [3.05, 3.63) is 166 Å². The first-order valence-corrected chi connectivity index (χ1v) is 13.2. The molecule has 10 nitrogen and oxygen atoms in total. The number of benzene rings is 4. The van der Waals surface area contributed by atoms with Gasteiger partial charge in [0.25, 0.3) is 11.4 Å². The molecule has 2 aromatic heterocycles. The number of aromatic nitrogens is 4. The number of nitro groups is 2. The second kappa shape index (κ2) is 14.0. The highest BCUT2D eigenvalue weighted by Crippen LogP contribution is 2.23. The van der Waals surface area contributed by atoms with Crippen LogP contribution >= 0.6 is 0 Å². The molecule has 6 rings (SSSR count). The van der Waals surface area contributed by atoms with E-state index in [1.807, 2.05) is 55.7 Å². The van der Waals surface area contributed by atoms with Crippen molar-refractivity contribution in [1.29, 1.82) is 0 Å². The lowest BCUT2D eigenvalue weighted by Crippen LogP contribution is -3.00. The monoisotopic (exact) mass is 716 g/mol. The zero-order valence-corrected chi connectivity index (χ0v) is 26.4. The molecule has 0 radical (unpaired) electrons. The summed E-state index contributed by atoms with van der Waals surface area (Å²) in [5, 5.41) is 21.7. The van der Waals surface area contributed by atoms with E-state index in [9.17, 15) is 20.2 Å². The predicted octanol–water partition coefficient (Wildman–Crippen LogP) is -0.569. The van der Waals surface area contributed by atoms with Crippen LogP contribution in [0.5, 0.6) is 0 Å². The summed E-state index contributed by atoms with van der Waals surface area (Å²) >= 11 is 0. The van der Waals surface area contributed by atoms with Crippen molar-refractivity contribution in [2.45, 2.75) is 13.1 Å². The van der Waals surface area contributed by atoms with Crippen molar-refractivity contribution < 1.29 is 52.9 Å². The van der Waals surface area contributed by atoms with E-state index in [1.54, 1.807) is 24.3 Å². The van der Waals surface area contributed by atoms with Crippen LogP contribution in [-0.2, 0) is 13.1 Å². The molecule has 0 aliphatic heterocycles. The molecule has 0 fully saturated rings. The highest BCUT2D eigenvalue weighted by Gasteiger charge is 2.12. The molecular formula is C32H26Br2N6O4. The zero-order valence-electron chi connectivity index (χ0n) is 23.2. The standard InChI is InChI=1S/C32H26N6O4.2BrH/c39-37(40)31-9-1-25(2-10-31)21-33-17-19-35(23-33)29-13-5-27(6-14-29)28-7-15-30(16-8-28)36-20-18-34(24-36)22-26-3-11-32(12-4-26)38(41)42;;/h1-20,23-24H,21-22H2;2*1H/q+2;;/p-2. The molecule has 0 atom stereocenters. The predicted molar refractivity (Wildman–Crippen MR) is 155 cm³/mol. The molecule has 0 amide bonds. The fourth-order valence-corrected chi connectivity index (χ4v) is 4.80. The van der Waals surface area contributed by atoms with Crippen molar-refractivity contribution >= 4 is 11.4 Å². The summed E-state index contributed by atoms with van der Waals surface area (Å²) in [6.07, 6.45) is 11.9. The highest BCUT2D eigenvalue weighted by molar-refractivity contribution is 5.65. The molecule has 0 N–H and O–H groups in total. The largest absolute Gasteiger partial charge is 1.00 e. The summed E-state index contributed by atoms with van der Waals surface area (Å²) in [4.78, 5) is 21.0. The van der Waals surface area contributed by atoms with Gasteiger partial charge in [-0.3, -0.25) is 20.2 Å². The van der Waals surface area contributed by atoms with Gasteiger partial charge in [0.2, 0.25) is 12.7 Å². The van der Waals surface area contributed by atoms with Crippen LogP contribution in [0.25, 0.3) is 22.5 Å². The molecule has 0 aliphatic carbocycles. The van der Waals surface area contributed by atoms with Gasteiger partial charge >= 0.3 is 0 Å². The minimum Gasteiger partial charge on any atom is -1.00 e. The number of non-ortho nitro benzene ring substituents is 2. The van der Waals surface area contributed by atoms with Crippen molar-refractivity contribution in [2.24, 2.45) is 0 Å². The Kier molecular flexibility index (Phi) is 10.2. The quantitative estimate of drug-likeness (QED) is 0.114. The second-order valence-corrected chi connectivity index (χ2v) is 9.93. The summed E-state index contributed by atoms with van der Waals surface area (Å²) in [5.74, 6) is 0. The van der Waals surface area contributed by atoms with E-state index < -0.39 is 9.85 Å². The van der Waals surface area contributed by atoms with E-state index in [4.69, 9.17) is 0 Å². The van der Waals surface area contributed by atoms with E-state index in [1.165, 1.54) is 24.3 Å². The third-order valence-corrected chi connectivity index (χ3v) is 7.07. The summed E-state index contributed by atoms with van der Waals surface area (Å²) in [5.41, 5.74) is 6.43. The molecule has 2 heterocycles. The fourth-order valence-electron chi connectivity index (χ4n) is 4.80. The van der Waals surface area contributed by atoms with E-state index in [0.29, 0.717) is 13.1 Å². The maximum Gasteiger partial charge on any atom is 0.269 e. The zero-order chi connectivity index (χ0) is 29.1. The molecule has 0 spiro atoms. The van der Waals surface area contributed by atoms with Crippen molar-refractivity contribution in [3.63, 3.8) is 0 Å². The van der Waals surface area contributed by atoms with Gasteiger partial charge in [-0.05, 0) is 70.8 Å². The van der Waals surface area contributed by atoms with Gasteiger partial charge in [0, 0.05) is 24.3 Å². The topological polar surface area (TPSA) is 104 Å². The third-order valence-electron chi connectivity index (χ3n) is 7.07. The maximum atomic E-state index is 10.9. The Balaban J connectivity index is 0.00000221. The van der Waals surface area contributed by atoms with Crippen LogP contribution in [0.1, 0.15) is 11.1 Å². The van der Waals surface area contributed by atoms with Gasteiger partial charge in [-0.25, -0.2) is 18.3 Å². The van der Waals surface area contributed by atoms with E-state index in [-0.39, 0.29) is 45.3 Å². The second-order valence-electron chi connectivity index (χ2n) is 9.93. The molecule has 0 unspecified atom stereocenters. The van der Waals surface area contributed by atoms with E-state index in [0.717, 1.165) is 33.6 Å². The molecule has 4 aromatic carbocycles. The maximum absolute atomic E-state index is 10.9. The normalized spacial score (nSPS) is 10.5. The third kappa shape index (κ3) is 7.33. The number of nitro benzene ring substituents is 2. The van der Waals surface area contributed by atoms with Gasteiger partial charge in [0.1, 0.15) is 49.3 Å². The SMILES string of the molecule is O=[N+]([O-])c1ccc(C[n+]2ccn(-c3ccc(-c4ccc(-n5cc[n+](Cc6ccc([N+](=O)[O-])cc6)c5)cc4)cc3)c2)cc1.[Br-].[Br-]. The summed E-state index contributed by atoms with van der Waals surface area (Å²) in [7, 11) is 0. The van der Waals surface area contributed by atoms with Gasteiger partial charge in [-0.15, -0.1) is 0 Å².